The van der Waals surface area contributed by atoms with Crippen LogP contribution in [0.5, 0.6) is 0 Å². The first-order chi connectivity index (χ1) is 17.0. The fourth-order valence-electron chi connectivity index (χ4n) is 5.28. The van der Waals surface area contributed by atoms with Crippen LogP contribution in [0, 0.1) is 0 Å². The average molecular weight is 559 g/mol. The van der Waals surface area contributed by atoms with Gasteiger partial charge in [0.15, 0.2) is 0 Å². The van der Waals surface area contributed by atoms with E-state index in [0.717, 1.165) is 50.8 Å². The molecule has 3 aromatic rings. The lowest BCUT2D eigenvalue weighted by Crippen LogP contribution is -2.63. The number of nitrogens with zero attached hydrogens (tertiary/aromatic N) is 2. The molecule has 0 bridgehead atoms. The van der Waals surface area contributed by atoms with Crippen LogP contribution in [0.15, 0.2) is 40.2 Å². The maximum atomic E-state index is 13.6. The lowest BCUT2D eigenvalue weighted by Gasteiger charge is -2.46. The molecule has 3 amide bonds. The summed E-state index contributed by atoms with van der Waals surface area (Å²) < 4.78 is 0.964. The van der Waals surface area contributed by atoms with Crippen molar-refractivity contribution in [2.75, 3.05) is 13.1 Å². The van der Waals surface area contributed by atoms with Crippen LogP contribution in [0.4, 0.5) is 0 Å². The van der Waals surface area contributed by atoms with Crippen LogP contribution >= 0.6 is 27.3 Å². The molecule has 2 aromatic heterocycles. The first-order valence-electron chi connectivity index (χ1n) is 11.8. The van der Waals surface area contributed by atoms with Gasteiger partial charge >= 0.3 is 0 Å². The number of benzene rings is 1. The zero-order valence-electron chi connectivity index (χ0n) is 19.1. The zero-order valence-corrected chi connectivity index (χ0v) is 21.5. The van der Waals surface area contributed by atoms with Gasteiger partial charge in [-0.25, -0.2) is 5.48 Å². The number of carbonyl (C=O) groups excluding carboxylic acids is 3. The molecule has 0 aliphatic carbocycles. The van der Waals surface area contributed by atoms with Crippen molar-refractivity contribution in [1.82, 2.24) is 20.3 Å². The van der Waals surface area contributed by atoms with Gasteiger partial charge in [0.1, 0.15) is 12.1 Å². The first-order valence-corrected chi connectivity index (χ1v) is 13.5. The highest BCUT2D eigenvalue weighted by Crippen LogP contribution is 2.44. The molecule has 1 saturated heterocycles. The fraction of sp³-hybridized carbons (Fsp3) is 0.400. The van der Waals surface area contributed by atoms with Gasteiger partial charge in [-0.2, -0.15) is 0 Å². The topological polar surface area (TPSA) is 106 Å². The number of aromatic amines is 1. The summed E-state index contributed by atoms with van der Waals surface area (Å²) >= 11 is 5.13. The van der Waals surface area contributed by atoms with Crippen LogP contribution in [-0.2, 0) is 20.8 Å². The number of aromatic nitrogens is 1. The van der Waals surface area contributed by atoms with Crippen LogP contribution in [-0.4, -0.2) is 56.8 Å². The number of thiophene rings is 1. The van der Waals surface area contributed by atoms with Crippen LogP contribution < -0.4 is 5.48 Å². The Kier molecular flexibility index (Phi) is 6.95. The van der Waals surface area contributed by atoms with Gasteiger partial charge in [0.25, 0.3) is 0 Å². The third-order valence-corrected chi connectivity index (χ3v) is 8.65. The predicted molar refractivity (Wildman–Crippen MR) is 136 cm³/mol. The van der Waals surface area contributed by atoms with Crippen LogP contribution in [0.3, 0.4) is 0 Å². The maximum Gasteiger partial charge on any atom is 0.246 e. The van der Waals surface area contributed by atoms with E-state index < -0.39 is 6.04 Å². The summed E-state index contributed by atoms with van der Waals surface area (Å²) in [7, 11) is 0. The minimum absolute atomic E-state index is 0.000751. The summed E-state index contributed by atoms with van der Waals surface area (Å²) in [5, 5.41) is 11.7. The van der Waals surface area contributed by atoms with E-state index in [-0.39, 0.29) is 36.7 Å². The number of hydrogen-bond acceptors (Lipinski definition) is 5. The number of piperazine rings is 1. The Bertz CT molecular complexity index is 1270. The van der Waals surface area contributed by atoms with E-state index in [1.54, 1.807) is 26.6 Å². The van der Waals surface area contributed by atoms with E-state index in [9.17, 15) is 14.4 Å². The highest BCUT2D eigenvalue weighted by atomic mass is 79.9. The molecule has 2 aliphatic heterocycles. The second-order valence-corrected chi connectivity index (χ2v) is 11.0. The number of halogens is 1. The highest BCUT2D eigenvalue weighted by Gasteiger charge is 2.48. The fourth-order valence-corrected chi connectivity index (χ4v) is 6.83. The molecule has 0 radical (unpaired) electrons. The zero-order chi connectivity index (χ0) is 24.5. The summed E-state index contributed by atoms with van der Waals surface area (Å²) in [6, 6.07) is 9.30. The minimum atomic E-state index is -0.526. The van der Waals surface area contributed by atoms with Gasteiger partial charge < -0.3 is 14.8 Å². The number of nitrogens with one attached hydrogen (secondary N) is 2. The van der Waals surface area contributed by atoms with E-state index in [4.69, 9.17) is 5.21 Å². The SMILES string of the molecule is O=C(CCCCCCN1CC(=O)N2[C@H](c3cc(Br)cs3)c3[nH]c4ccccc4c3C[C@H]2C1=O)NO. The van der Waals surface area contributed by atoms with E-state index >= 15 is 0 Å². The smallest absolute Gasteiger partial charge is 0.246 e. The minimum Gasteiger partial charge on any atom is -0.356 e. The van der Waals surface area contributed by atoms with Crippen LogP contribution in [0.1, 0.15) is 54.3 Å². The normalized spacial score (nSPS) is 19.7. The van der Waals surface area contributed by atoms with Crippen LogP contribution in [0.2, 0.25) is 0 Å². The second kappa shape index (κ2) is 10.1. The monoisotopic (exact) mass is 558 g/mol. The van der Waals surface area contributed by atoms with Crippen molar-refractivity contribution < 1.29 is 19.6 Å². The number of unbranched alkanes of at least 4 members (excludes halogenated alkanes) is 3. The van der Waals surface area contributed by atoms with Crippen molar-refractivity contribution >= 4 is 55.9 Å². The average Bonchev–Trinajstić information content (AvgIpc) is 3.45. The molecule has 5 rings (SSSR count). The molecule has 184 valence electrons. The maximum absolute atomic E-state index is 13.6. The molecule has 0 saturated carbocycles. The number of carbonyl (C=O) groups is 3. The Morgan fingerprint density at radius 3 is 2.77 bits per heavy atom. The Hall–Kier alpha value is -2.69. The first kappa shape index (κ1) is 24.0. The van der Waals surface area contributed by atoms with Crippen LogP contribution in [0.25, 0.3) is 10.9 Å². The lowest BCUT2D eigenvalue weighted by atomic mass is 9.88. The van der Waals surface area contributed by atoms with E-state index in [1.165, 1.54) is 0 Å². The van der Waals surface area contributed by atoms with Gasteiger partial charge in [0, 0.05) is 50.7 Å². The molecule has 2 atom stereocenters. The molecule has 0 spiro atoms. The molecule has 0 unspecified atom stereocenters. The van der Waals surface area contributed by atoms with Gasteiger partial charge in [0.2, 0.25) is 17.7 Å². The van der Waals surface area contributed by atoms with Gasteiger partial charge in [-0.05, 0) is 46.5 Å². The van der Waals surface area contributed by atoms with Crippen molar-refractivity contribution in [3.05, 3.63) is 56.3 Å². The lowest BCUT2D eigenvalue weighted by molar-refractivity contribution is -0.158. The quantitative estimate of drug-likeness (QED) is 0.219. The van der Waals surface area contributed by atoms with E-state index in [0.29, 0.717) is 19.4 Å². The third-order valence-electron chi connectivity index (χ3n) is 6.91. The molecule has 3 N–H and O–H groups in total. The van der Waals surface area contributed by atoms with Crippen molar-refractivity contribution in [2.24, 2.45) is 0 Å². The summed E-state index contributed by atoms with van der Waals surface area (Å²) in [6.07, 6.45) is 3.90. The molecule has 10 heteroatoms. The highest BCUT2D eigenvalue weighted by molar-refractivity contribution is 9.10. The van der Waals surface area contributed by atoms with Crippen molar-refractivity contribution in [2.45, 2.75) is 50.6 Å². The number of H-pyrrole nitrogens is 1. The summed E-state index contributed by atoms with van der Waals surface area (Å²) in [4.78, 5) is 46.3. The number of rotatable bonds is 8. The Balaban J connectivity index is 1.37. The largest absolute Gasteiger partial charge is 0.356 e. The third kappa shape index (κ3) is 4.62. The van der Waals surface area contributed by atoms with Crippen molar-refractivity contribution in [3.8, 4) is 0 Å². The summed E-state index contributed by atoms with van der Waals surface area (Å²) in [5.41, 5.74) is 4.77. The van der Waals surface area contributed by atoms with Gasteiger partial charge in [-0.3, -0.25) is 19.6 Å². The number of hydrogen-bond donors (Lipinski definition) is 3. The Morgan fingerprint density at radius 2 is 2.00 bits per heavy atom. The number of para-hydroxylation sites is 1. The Morgan fingerprint density at radius 1 is 1.20 bits per heavy atom. The number of fused-ring (bicyclic) bond motifs is 4. The van der Waals surface area contributed by atoms with Gasteiger partial charge in [-0.15, -0.1) is 11.3 Å². The molecular formula is C25H27BrN4O4S. The Labute approximate surface area is 215 Å². The molecule has 1 fully saturated rings. The molecule has 1 aromatic carbocycles. The number of amides is 3. The van der Waals surface area contributed by atoms with E-state index in [1.807, 2.05) is 29.6 Å². The molecule has 8 nitrogen and oxygen atoms in total. The second-order valence-electron chi connectivity index (χ2n) is 9.11. The van der Waals surface area contributed by atoms with Gasteiger partial charge in [0.05, 0.1) is 6.54 Å². The summed E-state index contributed by atoms with van der Waals surface area (Å²) in [5.74, 6) is -0.419. The van der Waals surface area contributed by atoms with Gasteiger partial charge in [-0.1, -0.05) is 31.0 Å². The molecule has 2 aliphatic rings. The molecule has 4 heterocycles. The van der Waals surface area contributed by atoms with E-state index in [2.05, 4.69) is 27.0 Å². The number of hydroxylamine groups is 1. The standard InChI is InChI=1S/C25H27BrN4O4S/c26-15-11-20(35-14-15)24-23-17(16-7-4-5-8-18(16)27-23)12-19-25(33)29(13-22(32)30(19)24)10-6-2-1-3-9-21(31)28-34/h4-5,7-8,11,14,19,24,27,34H,1-3,6,9-10,12-13H2,(H,28,31)/t19-,24+/m0/s1. The molecular weight excluding hydrogens is 532 g/mol. The molecule has 35 heavy (non-hydrogen) atoms. The van der Waals surface area contributed by atoms with Crippen molar-refractivity contribution in [3.63, 3.8) is 0 Å². The predicted octanol–water partition coefficient (Wildman–Crippen LogP) is 4.13. The summed E-state index contributed by atoms with van der Waals surface area (Å²) in [6.45, 7) is 0.609. The van der Waals surface area contributed by atoms with Crippen molar-refractivity contribution in [1.29, 1.82) is 0 Å².